The molecule has 0 spiro atoms. The van der Waals surface area contributed by atoms with Crippen LogP contribution >= 0.6 is 0 Å². The number of fused-ring (bicyclic) bond motifs is 5. The molecule has 2 saturated heterocycles. The predicted octanol–water partition coefficient (Wildman–Crippen LogP) is 3.79. The number of aromatic amines is 1. The number of rotatable bonds is 6. The summed E-state index contributed by atoms with van der Waals surface area (Å²) in [5, 5.41) is 1.05. The zero-order valence-electron chi connectivity index (χ0n) is 21.6. The minimum Gasteiger partial charge on any atom is -0.493 e. The van der Waals surface area contributed by atoms with Crippen LogP contribution in [-0.2, 0) is 19.9 Å². The van der Waals surface area contributed by atoms with Crippen molar-refractivity contribution in [3.05, 3.63) is 59.3 Å². The molecule has 3 aliphatic rings. The van der Waals surface area contributed by atoms with Crippen LogP contribution in [0.2, 0.25) is 0 Å². The predicted molar refractivity (Wildman–Crippen MR) is 139 cm³/mol. The molecule has 3 aliphatic heterocycles. The molecule has 0 aliphatic carbocycles. The van der Waals surface area contributed by atoms with Gasteiger partial charge in [0, 0.05) is 42.1 Å². The normalized spacial score (nSPS) is 25.4. The number of aromatic nitrogens is 1. The van der Waals surface area contributed by atoms with E-state index >= 15 is 0 Å². The number of hydrogen-bond donors (Lipinski definition) is 1. The second-order valence-corrected chi connectivity index (χ2v) is 10.2. The Kier molecular flexibility index (Phi) is 5.87. The van der Waals surface area contributed by atoms with Crippen molar-refractivity contribution in [3.8, 4) is 11.5 Å². The van der Waals surface area contributed by atoms with Gasteiger partial charge in [0.2, 0.25) is 5.91 Å². The molecule has 8 heteroatoms. The summed E-state index contributed by atoms with van der Waals surface area (Å²) in [6.45, 7) is 5.90. The number of carbonyl (C=O) groups excluding carboxylic acids is 2. The molecule has 194 valence electrons. The number of benzene rings is 2. The molecule has 3 aromatic rings. The maximum absolute atomic E-state index is 14.2. The maximum atomic E-state index is 14.2. The van der Waals surface area contributed by atoms with E-state index < -0.39 is 5.54 Å². The molecule has 0 unspecified atom stereocenters. The maximum Gasteiger partial charge on any atom is 0.255 e. The smallest absolute Gasteiger partial charge is 0.255 e. The topological polar surface area (TPSA) is 84.1 Å². The number of nitrogens with zero attached hydrogens (tertiary/aromatic N) is 2. The zero-order valence-corrected chi connectivity index (χ0v) is 21.6. The Balaban J connectivity index is 1.53. The van der Waals surface area contributed by atoms with Gasteiger partial charge in [0.15, 0.2) is 17.0 Å². The van der Waals surface area contributed by atoms with E-state index in [1.54, 1.807) is 16.9 Å². The Bertz CT molecular complexity index is 1360. The van der Waals surface area contributed by atoms with E-state index in [0.717, 1.165) is 40.6 Å². The second kappa shape index (κ2) is 9.10. The fourth-order valence-electron chi connectivity index (χ4n) is 6.41. The van der Waals surface area contributed by atoms with Crippen molar-refractivity contribution in [1.29, 1.82) is 0 Å². The molecular weight excluding hydrogens is 470 g/mol. The molecule has 2 amide bonds. The number of para-hydroxylation sites is 2. The molecule has 37 heavy (non-hydrogen) atoms. The lowest BCUT2D eigenvalue weighted by Gasteiger charge is -2.51. The van der Waals surface area contributed by atoms with Gasteiger partial charge in [0.25, 0.3) is 5.91 Å². The standard InChI is InChI=1S/C29H33N3O5/c1-4-36-26-19(11-7-13-23(26)35-3)21-16-32-24(33)17-31(15-18-9-8-14-37-18)28(34)29(32,2)27-25(21)20-10-5-6-12-22(20)30-27/h5-7,10-13,18,21,30H,4,8-9,14-17H2,1-3H3/t18-,21-,29+/m1/s1. The molecule has 1 N–H and O–H groups in total. The zero-order chi connectivity index (χ0) is 25.7. The van der Waals surface area contributed by atoms with E-state index in [4.69, 9.17) is 14.2 Å². The van der Waals surface area contributed by atoms with Crippen LogP contribution in [-0.4, -0.2) is 72.7 Å². The first-order chi connectivity index (χ1) is 18.0. The molecule has 4 heterocycles. The number of methoxy groups -OCH3 is 1. The number of nitrogens with one attached hydrogen (secondary N) is 1. The first-order valence-electron chi connectivity index (χ1n) is 13.1. The average molecular weight is 504 g/mol. The minimum absolute atomic E-state index is 0.0176. The second-order valence-electron chi connectivity index (χ2n) is 10.2. The Morgan fingerprint density at radius 1 is 1.16 bits per heavy atom. The highest BCUT2D eigenvalue weighted by Crippen LogP contribution is 2.50. The fourth-order valence-corrected chi connectivity index (χ4v) is 6.41. The SMILES string of the molecule is CCOc1c(OC)cccc1[C@H]1CN2C(=O)CN(C[C@H]3CCCO3)C(=O)[C@]2(C)c2[nH]c3ccccc3c21. The Hall–Kier alpha value is -3.52. The van der Waals surface area contributed by atoms with Crippen LogP contribution in [0.25, 0.3) is 10.9 Å². The van der Waals surface area contributed by atoms with Gasteiger partial charge in [-0.1, -0.05) is 30.3 Å². The number of piperazine rings is 1. The third-order valence-corrected chi connectivity index (χ3v) is 8.16. The lowest BCUT2D eigenvalue weighted by atomic mass is 9.76. The van der Waals surface area contributed by atoms with E-state index in [1.807, 2.05) is 50.2 Å². The van der Waals surface area contributed by atoms with Gasteiger partial charge in [-0.25, -0.2) is 0 Å². The van der Waals surface area contributed by atoms with Crippen LogP contribution in [0, 0.1) is 0 Å². The van der Waals surface area contributed by atoms with Crippen LogP contribution in [0.5, 0.6) is 11.5 Å². The first kappa shape index (κ1) is 23.9. The van der Waals surface area contributed by atoms with Gasteiger partial charge >= 0.3 is 0 Å². The molecule has 0 bridgehead atoms. The van der Waals surface area contributed by atoms with Crippen molar-refractivity contribution in [3.63, 3.8) is 0 Å². The van der Waals surface area contributed by atoms with Crippen molar-refractivity contribution in [1.82, 2.24) is 14.8 Å². The summed E-state index contributed by atoms with van der Waals surface area (Å²) < 4.78 is 17.5. The van der Waals surface area contributed by atoms with Gasteiger partial charge in [0.05, 0.1) is 32.1 Å². The molecular formula is C29H33N3O5. The van der Waals surface area contributed by atoms with E-state index in [2.05, 4.69) is 11.1 Å². The Labute approximate surface area is 216 Å². The van der Waals surface area contributed by atoms with Crippen LogP contribution in [0.15, 0.2) is 42.5 Å². The van der Waals surface area contributed by atoms with E-state index in [-0.39, 0.29) is 30.4 Å². The highest BCUT2D eigenvalue weighted by Gasteiger charge is 2.56. The summed E-state index contributed by atoms with van der Waals surface area (Å²) in [5.74, 6) is 1.00. The number of amides is 2. The van der Waals surface area contributed by atoms with Crippen molar-refractivity contribution < 1.29 is 23.8 Å². The number of hydrogen-bond acceptors (Lipinski definition) is 5. The highest BCUT2D eigenvalue weighted by molar-refractivity contribution is 6.01. The summed E-state index contributed by atoms with van der Waals surface area (Å²) in [4.78, 5) is 34.9. The monoisotopic (exact) mass is 503 g/mol. The summed E-state index contributed by atoms with van der Waals surface area (Å²) in [6.07, 6.45) is 1.88. The van der Waals surface area contributed by atoms with Crippen molar-refractivity contribution >= 4 is 22.7 Å². The van der Waals surface area contributed by atoms with Crippen molar-refractivity contribution in [2.24, 2.45) is 0 Å². The molecule has 2 fully saturated rings. The summed E-state index contributed by atoms with van der Waals surface area (Å²) in [7, 11) is 1.63. The Morgan fingerprint density at radius 2 is 2.00 bits per heavy atom. The number of H-pyrrole nitrogens is 1. The molecule has 3 atom stereocenters. The quantitative estimate of drug-likeness (QED) is 0.554. The van der Waals surface area contributed by atoms with Crippen molar-refractivity contribution in [2.75, 3.05) is 40.0 Å². The van der Waals surface area contributed by atoms with Gasteiger partial charge in [-0.3, -0.25) is 9.59 Å². The van der Waals surface area contributed by atoms with Gasteiger partial charge in [-0.05, 0) is 44.4 Å². The highest BCUT2D eigenvalue weighted by atomic mass is 16.5. The van der Waals surface area contributed by atoms with Crippen LogP contribution < -0.4 is 9.47 Å². The van der Waals surface area contributed by atoms with Crippen LogP contribution in [0.3, 0.4) is 0 Å². The fraction of sp³-hybridized carbons (Fsp3) is 0.448. The third kappa shape index (κ3) is 3.61. The van der Waals surface area contributed by atoms with Crippen LogP contribution in [0.4, 0.5) is 0 Å². The molecule has 2 aromatic carbocycles. The van der Waals surface area contributed by atoms with E-state index in [1.165, 1.54) is 0 Å². The third-order valence-electron chi connectivity index (χ3n) is 8.16. The summed E-state index contributed by atoms with van der Waals surface area (Å²) >= 11 is 0. The molecule has 0 radical (unpaired) electrons. The summed E-state index contributed by atoms with van der Waals surface area (Å²) in [6, 6.07) is 14.0. The van der Waals surface area contributed by atoms with Gasteiger partial charge in [-0.2, -0.15) is 0 Å². The van der Waals surface area contributed by atoms with E-state index in [9.17, 15) is 9.59 Å². The van der Waals surface area contributed by atoms with Gasteiger partial charge < -0.3 is 29.0 Å². The molecule has 0 saturated carbocycles. The summed E-state index contributed by atoms with van der Waals surface area (Å²) in [5.41, 5.74) is 2.55. The molecule has 6 rings (SSSR count). The lowest BCUT2D eigenvalue weighted by Crippen LogP contribution is -2.68. The number of ether oxygens (including phenoxy) is 3. The molecule has 8 nitrogen and oxygen atoms in total. The van der Waals surface area contributed by atoms with Crippen LogP contribution in [0.1, 0.15) is 49.4 Å². The van der Waals surface area contributed by atoms with E-state index in [0.29, 0.717) is 37.8 Å². The molecule has 1 aromatic heterocycles. The minimum atomic E-state index is -1.14. The average Bonchev–Trinajstić information content (AvgIpc) is 3.56. The first-order valence-corrected chi connectivity index (χ1v) is 13.1. The number of carbonyl (C=O) groups is 2. The largest absolute Gasteiger partial charge is 0.493 e. The van der Waals surface area contributed by atoms with Gasteiger partial charge in [-0.15, -0.1) is 0 Å². The van der Waals surface area contributed by atoms with Crippen molar-refractivity contribution in [2.45, 2.75) is 44.2 Å². The van der Waals surface area contributed by atoms with Gasteiger partial charge in [0.1, 0.15) is 0 Å². The Morgan fingerprint density at radius 3 is 2.76 bits per heavy atom. The lowest BCUT2D eigenvalue weighted by molar-refractivity contribution is -0.167.